The number of aliphatic hydroxyl groups excluding tert-OH is 1. The Morgan fingerprint density at radius 1 is 1.22 bits per heavy atom. The lowest BCUT2D eigenvalue weighted by Crippen LogP contribution is -2.32. The van der Waals surface area contributed by atoms with Gasteiger partial charge in [0.25, 0.3) is 5.56 Å². The number of benzene rings is 1. The number of hydrogen-bond acceptors (Lipinski definition) is 4. The SMILES string of the molecule is O=c1[nH]cnc2c(CN[C@H](CO)CCc3ccccc3)c[nH]c12. The van der Waals surface area contributed by atoms with Crippen LogP contribution in [0, 0.1) is 0 Å². The first-order chi connectivity index (χ1) is 11.3. The van der Waals surface area contributed by atoms with Crippen molar-refractivity contribution in [2.75, 3.05) is 6.61 Å². The predicted molar refractivity (Wildman–Crippen MR) is 89.2 cm³/mol. The maximum absolute atomic E-state index is 11.7. The lowest BCUT2D eigenvalue weighted by atomic mass is 10.1. The van der Waals surface area contributed by atoms with E-state index in [0.29, 0.717) is 17.6 Å². The summed E-state index contributed by atoms with van der Waals surface area (Å²) >= 11 is 0. The fourth-order valence-electron chi connectivity index (χ4n) is 2.64. The quantitative estimate of drug-likeness (QED) is 0.529. The standard InChI is InChI=1S/C17H20N4O2/c22-10-14(7-6-12-4-2-1-3-5-12)18-8-13-9-19-16-15(13)20-11-21-17(16)23/h1-5,9,11,14,18-19,22H,6-8,10H2,(H,20,21,23)/t14-/m0/s1. The van der Waals surface area contributed by atoms with Gasteiger partial charge in [-0.2, -0.15) is 0 Å². The summed E-state index contributed by atoms with van der Waals surface area (Å²) in [6.07, 6.45) is 4.94. The minimum atomic E-state index is -0.177. The monoisotopic (exact) mass is 312 g/mol. The highest BCUT2D eigenvalue weighted by Crippen LogP contribution is 2.12. The van der Waals surface area contributed by atoms with Crippen LogP contribution in [0.25, 0.3) is 11.0 Å². The number of nitrogens with one attached hydrogen (secondary N) is 3. The maximum Gasteiger partial charge on any atom is 0.275 e. The average Bonchev–Trinajstić information content (AvgIpc) is 3.01. The average molecular weight is 312 g/mol. The predicted octanol–water partition coefficient (Wildman–Crippen LogP) is 1.33. The highest BCUT2D eigenvalue weighted by Gasteiger charge is 2.11. The van der Waals surface area contributed by atoms with E-state index in [2.05, 4.69) is 32.4 Å². The van der Waals surface area contributed by atoms with Gasteiger partial charge in [0.2, 0.25) is 0 Å². The van der Waals surface area contributed by atoms with Gasteiger partial charge < -0.3 is 20.4 Å². The van der Waals surface area contributed by atoms with Crippen LogP contribution in [0.5, 0.6) is 0 Å². The number of aromatic amines is 2. The highest BCUT2D eigenvalue weighted by atomic mass is 16.3. The van der Waals surface area contributed by atoms with E-state index in [1.165, 1.54) is 11.9 Å². The molecule has 1 aromatic carbocycles. The zero-order chi connectivity index (χ0) is 16.1. The van der Waals surface area contributed by atoms with Crippen LogP contribution in [0.3, 0.4) is 0 Å². The van der Waals surface area contributed by atoms with Gasteiger partial charge in [-0.3, -0.25) is 4.79 Å². The number of aryl methyl sites for hydroxylation is 1. The molecule has 6 heteroatoms. The van der Waals surface area contributed by atoms with Gasteiger partial charge in [-0.05, 0) is 18.4 Å². The van der Waals surface area contributed by atoms with E-state index in [-0.39, 0.29) is 18.2 Å². The molecule has 4 N–H and O–H groups in total. The van der Waals surface area contributed by atoms with Gasteiger partial charge in [0.05, 0.1) is 18.5 Å². The lowest BCUT2D eigenvalue weighted by Gasteiger charge is -2.16. The van der Waals surface area contributed by atoms with Crippen LogP contribution < -0.4 is 10.9 Å². The first kappa shape index (κ1) is 15.5. The number of fused-ring (bicyclic) bond motifs is 1. The number of hydrogen-bond donors (Lipinski definition) is 4. The van der Waals surface area contributed by atoms with Crippen LogP contribution in [-0.4, -0.2) is 32.7 Å². The third-order valence-electron chi connectivity index (χ3n) is 3.97. The number of aromatic nitrogens is 3. The van der Waals surface area contributed by atoms with Crippen LogP contribution in [0.4, 0.5) is 0 Å². The Morgan fingerprint density at radius 2 is 2.04 bits per heavy atom. The number of rotatable bonds is 7. The van der Waals surface area contributed by atoms with E-state index in [4.69, 9.17) is 0 Å². The minimum Gasteiger partial charge on any atom is -0.395 e. The zero-order valence-corrected chi connectivity index (χ0v) is 12.7. The summed E-state index contributed by atoms with van der Waals surface area (Å²) in [7, 11) is 0. The van der Waals surface area contributed by atoms with E-state index < -0.39 is 0 Å². The minimum absolute atomic E-state index is 0.00199. The summed E-state index contributed by atoms with van der Waals surface area (Å²) in [6.45, 7) is 0.625. The summed E-state index contributed by atoms with van der Waals surface area (Å²) in [5.74, 6) is 0. The molecule has 2 heterocycles. The molecule has 0 aliphatic rings. The molecule has 0 unspecified atom stereocenters. The molecular weight excluding hydrogens is 292 g/mol. The first-order valence-electron chi connectivity index (χ1n) is 7.69. The van der Waals surface area contributed by atoms with Gasteiger partial charge in [-0.25, -0.2) is 4.98 Å². The van der Waals surface area contributed by atoms with Gasteiger partial charge in [-0.15, -0.1) is 0 Å². The van der Waals surface area contributed by atoms with Crippen molar-refractivity contribution in [2.24, 2.45) is 0 Å². The molecule has 0 spiro atoms. The molecule has 0 aliphatic carbocycles. The molecule has 3 rings (SSSR count). The molecule has 1 atom stereocenters. The Labute approximate surface area is 133 Å². The van der Waals surface area contributed by atoms with Crippen molar-refractivity contribution in [1.82, 2.24) is 20.3 Å². The van der Waals surface area contributed by atoms with Crippen LogP contribution in [0.2, 0.25) is 0 Å². The molecule has 0 aliphatic heterocycles. The van der Waals surface area contributed by atoms with Crippen molar-refractivity contribution in [3.05, 3.63) is 64.3 Å². The Kier molecular flexibility index (Phi) is 4.85. The lowest BCUT2D eigenvalue weighted by molar-refractivity contribution is 0.235. The second-order valence-electron chi connectivity index (χ2n) is 5.55. The Balaban J connectivity index is 1.61. The van der Waals surface area contributed by atoms with Crippen molar-refractivity contribution in [2.45, 2.75) is 25.4 Å². The molecule has 0 saturated carbocycles. The van der Waals surface area contributed by atoms with Crippen molar-refractivity contribution < 1.29 is 5.11 Å². The third-order valence-corrected chi connectivity index (χ3v) is 3.97. The van der Waals surface area contributed by atoms with E-state index >= 15 is 0 Å². The van der Waals surface area contributed by atoms with E-state index in [0.717, 1.165) is 18.4 Å². The van der Waals surface area contributed by atoms with Crippen molar-refractivity contribution in [3.8, 4) is 0 Å². The smallest absolute Gasteiger partial charge is 0.275 e. The van der Waals surface area contributed by atoms with Crippen molar-refractivity contribution in [3.63, 3.8) is 0 Å². The summed E-state index contributed by atoms with van der Waals surface area (Å²) < 4.78 is 0. The third kappa shape index (κ3) is 3.67. The first-order valence-corrected chi connectivity index (χ1v) is 7.69. The van der Waals surface area contributed by atoms with Crippen LogP contribution in [0.15, 0.2) is 47.7 Å². The van der Waals surface area contributed by atoms with Gasteiger partial charge in [0.1, 0.15) is 5.52 Å². The van der Waals surface area contributed by atoms with Gasteiger partial charge in [-0.1, -0.05) is 30.3 Å². The molecule has 2 aromatic heterocycles. The van der Waals surface area contributed by atoms with Crippen LogP contribution in [0.1, 0.15) is 17.5 Å². The normalized spacial score (nSPS) is 12.6. The van der Waals surface area contributed by atoms with Gasteiger partial charge in [0, 0.05) is 24.3 Å². The van der Waals surface area contributed by atoms with E-state index in [1.807, 2.05) is 18.2 Å². The van der Waals surface area contributed by atoms with Gasteiger partial charge >= 0.3 is 0 Å². The summed E-state index contributed by atoms with van der Waals surface area (Å²) in [6, 6.07) is 10.2. The number of H-pyrrole nitrogens is 2. The van der Waals surface area contributed by atoms with E-state index in [1.54, 1.807) is 6.20 Å². The summed E-state index contributed by atoms with van der Waals surface area (Å²) in [5, 5.41) is 12.9. The zero-order valence-electron chi connectivity index (χ0n) is 12.7. The molecule has 0 radical (unpaired) electrons. The largest absolute Gasteiger partial charge is 0.395 e. The second-order valence-corrected chi connectivity index (χ2v) is 5.55. The second kappa shape index (κ2) is 7.21. The molecule has 6 nitrogen and oxygen atoms in total. The molecule has 0 fully saturated rings. The highest BCUT2D eigenvalue weighted by molar-refractivity contribution is 5.77. The Bertz CT molecular complexity index is 810. The Hall–Kier alpha value is -2.44. The molecule has 3 aromatic rings. The Morgan fingerprint density at radius 3 is 2.83 bits per heavy atom. The molecule has 0 bridgehead atoms. The summed E-state index contributed by atoms with van der Waals surface area (Å²) in [4.78, 5) is 21.4. The van der Waals surface area contributed by atoms with E-state index in [9.17, 15) is 9.90 Å². The number of nitrogens with zero attached hydrogens (tertiary/aromatic N) is 1. The van der Waals surface area contributed by atoms with Gasteiger partial charge in [0.15, 0.2) is 0 Å². The molecule has 0 amide bonds. The molecule has 120 valence electrons. The molecule has 0 saturated heterocycles. The topological polar surface area (TPSA) is 93.8 Å². The molecule has 23 heavy (non-hydrogen) atoms. The fraction of sp³-hybridized carbons (Fsp3) is 0.294. The van der Waals surface area contributed by atoms with Crippen LogP contribution >= 0.6 is 0 Å². The molecular formula is C17H20N4O2. The van der Waals surface area contributed by atoms with Crippen molar-refractivity contribution >= 4 is 11.0 Å². The van der Waals surface area contributed by atoms with Crippen molar-refractivity contribution in [1.29, 1.82) is 0 Å². The fourth-order valence-corrected chi connectivity index (χ4v) is 2.64. The maximum atomic E-state index is 11.7. The number of aliphatic hydroxyl groups is 1. The van der Waals surface area contributed by atoms with Crippen LogP contribution in [-0.2, 0) is 13.0 Å². The summed E-state index contributed by atoms with van der Waals surface area (Å²) in [5.41, 5.74) is 3.15.